The van der Waals surface area contributed by atoms with E-state index in [-0.39, 0.29) is 12.6 Å². The fourth-order valence-corrected chi connectivity index (χ4v) is 5.40. The van der Waals surface area contributed by atoms with Crippen molar-refractivity contribution in [2.45, 2.75) is 71.4 Å². The van der Waals surface area contributed by atoms with Crippen molar-refractivity contribution in [1.82, 2.24) is 14.5 Å². The van der Waals surface area contributed by atoms with Crippen LogP contribution in [0.1, 0.15) is 51.8 Å². The lowest BCUT2D eigenvalue weighted by atomic mass is 10.0. The lowest BCUT2D eigenvalue weighted by molar-refractivity contribution is -0.164. The number of nitrogens with zero attached hydrogens (tertiary/aromatic N) is 2. The van der Waals surface area contributed by atoms with Crippen LogP contribution in [0, 0.1) is 6.92 Å². The number of para-hydroxylation sites is 1. The van der Waals surface area contributed by atoms with Gasteiger partial charge in [-0.2, -0.15) is 0 Å². The van der Waals surface area contributed by atoms with Crippen LogP contribution >= 0.6 is 11.3 Å². The largest absolute Gasteiger partial charge is 0.496 e. The van der Waals surface area contributed by atoms with E-state index in [4.69, 9.17) is 14.2 Å². The Labute approximate surface area is 220 Å². The summed E-state index contributed by atoms with van der Waals surface area (Å²) in [6, 6.07) is 7.54. The summed E-state index contributed by atoms with van der Waals surface area (Å²) in [6.07, 6.45) is -0.544. The molecule has 9 nitrogen and oxygen atoms in total. The molecular formula is C27H35N3O6S. The molecule has 0 saturated carbocycles. The lowest BCUT2D eigenvalue weighted by Crippen LogP contribution is -2.54. The second-order valence-corrected chi connectivity index (χ2v) is 11.7. The first kappa shape index (κ1) is 27.1. The van der Waals surface area contributed by atoms with E-state index >= 15 is 0 Å². The summed E-state index contributed by atoms with van der Waals surface area (Å²) in [5.41, 5.74) is -1.88. The SMILES string of the molecule is COc1ccccc1C(Cn1c(=O)n(C(C)(C)C(=O)OC(C)(C)C)c(=O)c2c(C)csc21)OC1CNC1. The Hall–Kier alpha value is -2.95. The van der Waals surface area contributed by atoms with Crippen LogP contribution < -0.4 is 21.3 Å². The molecule has 37 heavy (non-hydrogen) atoms. The maximum absolute atomic E-state index is 14.0. The number of methoxy groups -OCH3 is 1. The summed E-state index contributed by atoms with van der Waals surface area (Å²) in [6.45, 7) is 11.7. The second-order valence-electron chi connectivity index (χ2n) is 10.8. The Balaban J connectivity index is 1.90. The topological polar surface area (TPSA) is 101 Å². The third-order valence-electron chi connectivity index (χ3n) is 6.43. The number of carbonyl (C=O) groups is 1. The summed E-state index contributed by atoms with van der Waals surface area (Å²) in [7, 11) is 1.59. The normalized spacial score (nSPS) is 15.4. The Kier molecular flexibility index (Phi) is 7.38. The average Bonchev–Trinajstić information content (AvgIpc) is 3.17. The van der Waals surface area contributed by atoms with Crippen molar-refractivity contribution in [2.24, 2.45) is 0 Å². The predicted molar refractivity (Wildman–Crippen MR) is 144 cm³/mol. The molecule has 1 fully saturated rings. The van der Waals surface area contributed by atoms with Gasteiger partial charge in [0, 0.05) is 18.7 Å². The maximum atomic E-state index is 14.0. The third kappa shape index (κ3) is 5.23. The van der Waals surface area contributed by atoms with E-state index in [1.54, 1.807) is 32.4 Å². The van der Waals surface area contributed by atoms with Crippen LogP contribution in [-0.4, -0.2) is 47.0 Å². The highest BCUT2D eigenvalue weighted by atomic mass is 32.1. The zero-order chi connectivity index (χ0) is 27.1. The highest BCUT2D eigenvalue weighted by Gasteiger charge is 2.39. The van der Waals surface area contributed by atoms with Gasteiger partial charge < -0.3 is 19.5 Å². The number of ether oxygens (including phenoxy) is 3. The molecule has 0 bridgehead atoms. The molecule has 0 spiro atoms. The molecule has 1 aliphatic rings. The first-order valence-corrected chi connectivity index (χ1v) is 13.2. The number of nitrogens with one attached hydrogen (secondary N) is 1. The van der Waals surface area contributed by atoms with Crippen LogP contribution in [0.3, 0.4) is 0 Å². The molecule has 200 valence electrons. The molecule has 4 rings (SSSR count). The Morgan fingerprint density at radius 3 is 2.43 bits per heavy atom. The smallest absolute Gasteiger partial charge is 0.333 e. The number of esters is 1. The van der Waals surface area contributed by atoms with Crippen molar-refractivity contribution >= 4 is 27.5 Å². The standard InChI is InChI=1S/C27H35N3O6S/c1-16-15-37-23-21(16)22(31)30(27(5,6)24(32)36-26(2,3)4)25(33)29(23)14-20(35-17-12-28-13-17)18-10-8-9-11-19(18)34-7/h8-11,15,17,20,28H,12-14H2,1-7H3. The minimum atomic E-state index is -1.54. The number of carbonyl (C=O) groups excluding carboxylic acids is 1. The highest BCUT2D eigenvalue weighted by molar-refractivity contribution is 7.17. The average molecular weight is 530 g/mol. The first-order valence-electron chi connectivity index (χ1n) is 12.3. The number of aryl methyl sites for hydroxylation is 1. The molecule has 1 saturated heterocycles. The van der Waals surface area contributed by atoms with Crippen molar-refractivity contribution < 1.29 is 19.0 Å². The van der Waals surface area contributed by atoms with Gasteiger partial charge in [-0.15, -0.1) is 11.3 Å². The highest BCUT2D eigenvalue weighted by Crippen LogP contribution is 2.32. The summed E-state index contributed by atoms with van der Waals surface area (Å²) in [5.74, 6) is -0.00936. The summed E-state index contributed by atoms with van der Waals surface area (Å²) in [5, 5.41) is 5.46. The van der Waals surface area contributed by atoms with Crippen LogP contribution in [0.25, 0.3) is 10.2 Å². The van der Waals surface area contributed by atoms with E-state index in [0.29, 0.717) is 29.1 Å². The third-order valence-corrected chi connectivity index (χ3v) is 7.55. The number of thiophene rings is 1. The van der Waals surface area contributed by atoms with Crippen molar-refractivity contribution in [1.29, 1.82) is 0 Å². The molecule has 2 aromatic heterocycles. The number of hydrogen-bond donors (Lipinski definition) is 1. The Bertz CT molecular complexity index is 1420. The van der Waals surface area contributed by atoms with E-state index in [1.165, 1.54) is 25.2 Å². The molecule has 3 aromatic rings. The molecule has 0 aliphatic carbocycles. The zero-order valence-corrected chi connectivity index (χ0v) is 23.2. The number of hydrogen-bond acceptors (Lipinski definition) is 8. The number of benzene rings is 1. The van der Waals surface area contributed by atoms with Gasteiger partial charge in [-0.05, 0) is 58.6 Å². The first-order chi connectivity index (χ1) is 17.3. The van der Waals surface area contributed by atoms with Gasteiger partial charge in [0.25, 0.3) is 5.56 Å². The minimum Gasteiger partial charge on any atom is -0.496 e. The van der Waals surface area contributed by atoms with Crippen molar-refractivity contribution in [2.75, 3.05) is 20.2 Å². The van der Waals surface area contributed by atoms with Gasteiger partial charge >= 0.3 is 11.7 Å². The molecule has 3 heterocycles. The second kappa shape index (κ2) is 10.1. The summed E-state index contributed by atoms with van der Waals surface area (Å²) < 4.78 is 20.2. The number of fused-ring (bicyclic) bond motifs is 1. The maximum Gasteiger partial charge on any atom is 0.333 e. The Morgan fingerprint density at radius 2 is 1.84 bits per heavy atom. The predicted octanol–water partition coefficient (Wildman–Crippen LogP) is 3.35. The van der Waals surface area contributed by atoms with Gasteiger partial charge in [-0.25, -0.2) is 14.2 Å². The summed E-state index contributed by atoms with van der Waals surface area (Å²) in [4.78, 5) is 41.5. The van der Waals surface area contributed by atoms with E-state index in [2.05, 4.69) is 5.32 Å². The molecule has 1 aromatic carbocycles. The van der Waals surface area contributed by atoms with Crippen LogP contribution in [0.4, 0.5) is 0 Å². The van der Waals surface area contributed by atoms with Gasteiger partial charge in [-0.1, -0.05) is 18.2 Å². The molecular weight excluding hydrogens is 494 g/mol. The van der Waals surface area contributed by atoms with Crippen LogP contribution in [0.5, 0.6) is 5.75 Å². The number of aromatic nitrogens is 2. The van der Waals surface area contributed by atoms with E-state index in [1.807, 2.05) is 36.6 Å². The van der Waals surface area contributed by atoms with Crippen molar-refractivity contribution in [3.63, 3.8) is 0 Å². The summed E-state index contributed by atoms with van der Waals surface area (Å²) >= 11 is 1.33. The Morgan fingerprint density at radius 1 is 1.16 bits per heavy atom. The van der Waals surface area contributed by atoms with Crippen LogP contribution in [-0.2, 0) is 26.4 Å². The van der Waals surface area contributed by atoms with Crippen molar-refractivity contribution in [3.05, 3.63) is 61.6 Å². The minimum absolute atomic E-state index is 0.0183. The van der Waals surface area contributed by atoms with Crippen LogP contribution in [0.15, 0.2) is 39.2 Å². The van der Waals surface area contributed by atoms with Gasteiger partial charge in [-0.3, -0.25) is 9.36 Å². The molecule has 1 N–H and O–H groups in total. The molecule has 1 unspecified atom stereocenters. The molecule has 1 aliphatic heterocycles. The fraction of sp³-hybridized carbons (Fsp3) is 0.519. The number of rotatable bonds is 8. The molecule has 0 amide bonds. The van der Waals surface area contributed by atoms with Gasteiger partial charge in [0.15, 0.2) is 0 Å². The van der Waals surface area contributed by atoms with E-state index in [9.17, 15) is 14.4 Å². The van der Waals surface area contributed by atoms with E-state index < -0.39 is 34.5 Å². The molecule has 0 radical (unpaired) electrons. The van der Waals surface area contributed by atoms with Gasteiger partial charge in [0.05, 0.1) is 25.1 Å². The van der Waals surface area contributed by atoms with Crippen LogP contribution in [0.2, 0.25) is 0 Å². The molecule has 10 heteroatoms. The fourth-order valence-electron chi connectivity index (χ4n) is 4.35. The molecule has 1 atom stereocenters. The lowest BCUT2D eigenvalue weighted by Gasteiger charge is -2.33. The van der Waals surface area contributed by atoms with Crippen molar-refractivity contribution in [3.8, 4) is 5.75 Å². The quantitative estimate of drug-likeness (QED) is 0.447. The van der Waals surface area contributed by atoms with E-state index in [0.717, 1.165) is 15.7 Å². The zero-order valence-electron chi connectivity index (χ0n) is 22.4. The van der Waals surface area contributed by atoms with Gasteiger partial charge in [0.2, 0.25) is 0 Å². The monoisotopic (exact) mass is 529 g/mol. The van der Waals surface area contributed by atoms with Gasteiger partial charge in [0.1, 0.15) is 27.8 Å².